The van der Waals surface area contributed by atoms with Gasteiger partial charge in [-0.15, -0.1) is 0 Å². The van der Waals surface area contributed by atoms with E-state index in [4.69, 9.17) is 0 Å². The maximum Gasteiger partial charge on any atom is -0.00850 e. The Kier molecular flexibility index (Phi) is 1.81. The van der Waals surface area contributed by atoms with Crippen molar-refractivity contribution in [2.24, 2.45) is 0 Å². The predicted octanol–water partition coefficient (Wildman–Crippen LogP) is 4.37. The van der Waals surface area contributed by atoms with Crippen molar-refractivity contribution >= 4 is 22.9 Å². The Bertz CT molecular complexity index is 672. The number of benzene rings is 2. The van der Waals surface area contributed by atoms with E-state index in [0.717, 1.165) is 6.42 Å². The highest BCUT2D eigenvalue weighted by molar-refractivity contribution is 6.00. The van der Waals surface area contributed by atoms with E-state index in [0.29, 0.717) is 0 Å². The van der Waals surface area contributed by atoms with Crippen molar-refractivity contribution in [3.63, 3.8) is 0 Å². The van der Waals surface area contributed by atoms with Gasteiger partial charge in [-0.05, 0) is 52.3 Å². The Morgan fingerprint density at radius 2 is 1.47 bits per heavy atom. The molecule has 0 unspecified atom stereocenters. The highest BCUT2D eigenvalue weighted by Crippen LogP contribution is 2.37. The standard InChI is InChI=1S/C17H14/c1-3-8-14-12(6-1)13-7-2-4-9-15(13)17-11-5-10-16(14)17/h1-3,5-8,10H,4,9,11H2. The second-order valence-corrected chi connectivity index (χ2v) is 4.88. The summed E-state index contributed by atoms with van der Waals surface area (Å²) in [5, 5.41) is 2.84. The summed E-state index contributed by atoms with van der Waals surface area (Å²) < 4.78 is 0. The van der Waals surface area contributed by atoms with E-state index in [1.807, 2.05) is 0 Å². The number of hydrogen-bond acceptors (Lipinski definition) is 0. The molecule has 2 aliphatic rings. The van der Waals surface area contributed by atoms with Gasteiger partial charge in [0.2, 0.25) is 0 Å². The summed E-state index contributed by atoms with van der Waals surface area (Å²) in [6.07, 6.45) is 12.8. The summed E-state index contributed by atoms with van der Waals surface area (Å²) >= 11 is 0. The number of allylic oxidation sites excluding steroid dienone is 2. The van der Waals surface area contributed by atoms with E-state index in [1.54, 1.807) is 11.1 Å². The first kappa shape index (κ1) is 9.23. The molecule has 0 radical (unpaired) electrons. The summed E-state index contributed by atoms with van der Waals surface area (Å²) in [5.74, 6) is 0. The first-order valence-electron chi connectivity index (χ1n) is 6.34. The van der Waals surface area contributed by atoms with Gasteiger partial charge in [0.1, 0.15) is 0 Å². The molecule has 0 N–H and O–H groups in total. The van der Waals surface area contributed by atoms with Crippen LogP contribution in [-0.2, 0) is 12.8 Å². The third-order valence-electron chi connectivity index (χ3n) is 3.97. The van der Waals surface area contributed by atoms with Crippen LogP contribution in [-0.4, -0.2) is 0 Å². The molecular weight excluding hydrogens is 204 g/mol. The van der Waals surface area contributed by atoms with Crippen LogP contribution in [0.2, 0.25) is 0 Å². The molecule has 0 spiro atoms. The molecule has 82 valence electrons. The maximum atomic E-state index is 2.32. The van der Waals surface area contributed by atoms with Gasteiger partial charge < -0.3 is 0 Å². The molecule has 2 aliphatic carbocycles. The van der Waals surface area contributed by atoms with Crippen LogP contribution in [0.25, 0.3) is 22.9 Å². The average molecular weight is 218 g/mol. The molecule has 4 rings (SSSR count). The van der Waals surface area contributed by atoms with Crippen LogP contribution >= 0.6 is 0 Å². The SMILES string of the molecule is C1=Cc2c(c3c(c4ccccc24)C=CC3)CC1. The topological polar surface area (TPSA) is 0 Å². The fourth-order valence-electron chi connectivity index (χ4n) is 3.23. The van der Waals surface area contributed by atoms with Crippen molar-refractivity contribution in [2.45, 2.75) is 19.3 Å². The normalized spacial score (nSPS) is 16.2. The Balaban J connectivity index is 2.23. The summed E-state index contributed by atoms with van der Waals surface area (Å²) in [6.45, 7) is 0. The zero-order valence-corrected chi connectivity index (χ0v) is 9.74. The van der Waals surface area contributed by atoms with Crippen molar-refractivity contribution in [2.75, 3.05) is 0 Å². The van der Waals surface area contributed by atoms with E-state index < -0.39 is 0 Å². The van der Waals surface area contributed by atoms with Gasteiger partial charge in [0, 0.05) is 0 Å². The van der Waals surface area contributed by atoms with Crippen LogP contribution in [0.3, 0.4) is 0 Å². The lowest BCUT2D eigenvalue weighted by Crippen LogP contribution is -2.02. The molecule has 2 aromatic carbocycles. The van der Waals surface area contributed by atoms with E-state index in [2.05, 4.69) is 48.6 Å². The average Bonchev–Trinajstić information content (AvgIpc) is 2.89. The molecule has 0 aliphatic heterocycles. The largest absolute Gasteiger partial charge is 0.0836 e. The summed E-state index contributed by atoms with van der Waals surface area (Å²) in [6, 6.07) is 8.81. The fraction of sp³-hybridized carbons (Fsp3) is 0.176. The second-order valence-electron chi connectivity index (χ2n) is 4.88. The smallest absolute Gasteiger partial charge is 0.00850 e. The molecule has 0 aromatic heterocycles. The van der Waals surface area contributed by atoms with Gasteiger partial charge in [-0.25, -0.2) is 0 Å². The van der Waals surface area contributed by atoms with Crippen molar-refractivity contribution in [3.8, 4) is 0 Å². The summed E-state index contributed by atoms with van der Waals surface area (Å²) in [5.41, 5.74) is 6.10. The van der Waals surface area contributed by atoms with Crippen LogP contribution < -0.4 is 0 Å². The van der Waals surface area contributed by atoms with Crippen LogP contribution in [0.4, 0.5) is 0 Å². The van der Waals surface area contributed by atoms with Crippen molar-refractivity contribution in [3.05, 3.63) is 58.7 Å². The van der Waals surface area contributed by atoms with Gasteiger partial charge in [0.25, 0.3) is 0 Å². The molecular formula is C17H14. The molecule has 2 aromatic rings. The minimum Gasteiger partial charge on any atom is -0.0836 e. The lowest BCUT2D eigenvalue weighted by molar-refractivity contribution is 0.967. The molecule has 0 heteroatoms. The highest BCUT2D eigenvalue weighted by atomic mass is 14.2. The van der Waals surface area contributed by atoms with Gasteiger partial charge in [-0.1, -0.05) is 48.6 Å². The molecule has 0 bridgehead atoms. The first-order chi connectivity index (χ1) is 8.45. The third-order valence-corrected chi connectivity index (χ3v) is 3.97. The summed E-state index contributed by atoms with van der Waals surface area (Å²) in [7, 11) is 0. The Hall–Kier alpha value is -1.82. The van der Waals surface area contributed by atoms with Gasteiger partial charge in [-0.2, -0.15) is 0 Å². The quantitative estimate of drug-likeness (QED) is 0.616. The molecule has 0 saturated carbocycles. The lowest BCUT2D eigenvalue weighted by Gasteiger charge is -2.19. The predicted molar refractivity (Wildman–Crippen MR) is 74.0 cm³/mol. The van der Waals surface area contributed by atoms with Crippen LogP contribution in [0.1, 0.15) is 28.7 Å². The van der Waals surface area contributed by atoms with Crippen LogP contribution in [0.5, 0.6) is 0 Å². The van der Waals surface area contributed by atoms with E-state index >= 15 is 0 Å². The zero-order chi connectivity index (χ0) is 11.2. The first-order valence-corrected chi connectivity index (χ1v) is 6.34. The number of fused-ring (bicyclic) bond motifs is 6. The molecule has 0 nitrogen and oxygen atoms in total. The molecule has 0 heterocycles. The lowest BCUT2D eigenvalue weighted by atomic mass is 9.85. The molecule has 0 amide bonds. The Labute approximate surface area is 101 Å². The molecule has 0 saturated heterocycles. The molecule has 17 heavy (non-hydrogen) atoms. The third kappa shape index (κ3) is 1.18. The van der Waals surface area contributed by atoms with Gasteiger partial charge in [0.15, 0.2) is 0 Å². The van der Waals surface area contributed by atoms with Gasteiger partial charge in [-0.3, -0.25) is 0 Å². The van der Waals surface area contributed by atoms with E-state index in [9.17, 15) is 0 Å². The van der Waals surface area contributed by atoms with Crippen molar-refractivity contribution in [1.29, 1.82) is 0 Å². The van der Waals surface area contributed by atoms with E-state index in [-0.39, 0.29) is 0 Å². The monoisotopic (exact) mass is 218 g/mol. The number of rotatable bonds is 0. The van der Waals surface area contributed by atoms with Gasteiger partial charge in [0.05, 0.1) is 0 Å². The van der Waals surface area contributed by atoms with E-state index in [1.165, 1.54) is 34.7 Å². The van der Waals surface area contributed by atoms with Crippen molar-refractivity contribution in [1.82, 2.24) is 0 Å². The number of hydrogen-bond donors (Lipinski definition) is 0. The summed E-state index contributed by atoms with van der Waals surface area (Å²) in [4.78, 5) is 0. The maximum absolute atomic E-state index is 2.32. The molecule has 0 atom stereocenters. The highest BCUT2D eigenvalue weighted by Gasteiger charge is 2.19. The van der Waals surface area contributed by atoms with Crippen LogP contribution in [0, 0.1) is 0 Å². The minimum absolute atomic E-state index is 1.12. The van der Waals surface area contributed by atoms with Crippen LogP contribution in [0.15, 0.2) is 36.4 Å². The fourth-order valence-corrected chi connectivity index (χ4v) is 3.23. The molecule has 0 fully saturated rings. The Morgan fingerprint density at radius 3 is 2.29 bits per heavy atom. The van der Waals surface area contributed by atoms with Crippen molar-refractivity contribution < 1.29 is 0 Å². The zero-order valence-electron chi connectivity index (χ0n) is 9.74. The Morgan fingerprint density at radius 1 is 0.765 bits per heavy atom. The minimum atomic E-state index is 1.12. The van der Waals surface area contributed by atoms with Gasteiger partial charge >= 0.3 is 0 Å². The second kappa shape index (κ2) is 3.33.